The number of aromatic nitrogens is 1. The van der Waals surface area contributed by atoms with Crippen LogP contribution in [0.1, 0.15) is 18.1 Å². The summed E-state index contributed by atoms with van der Waals surface area (Å²) in [6.45, 7) is 1.38. The van der Waals surface area contributed by atoms with Gasteiger partial charge < -0.3 is 15.0 Å². The molecule has 42 heavy (non-hydrogen) atoms. The highest BCUT2D eigenvalue weighted by atomic mass is 32.2. The fourth-order valence-corrected chi connectivity index (χ4v) is 4.94. The number of ether oxygens (including phenoxy) is 1. The minimum atomic E-state index is -3.95. The molecule has 1 heterocycles. The molecule has 0 aliphatic rings. The minimum Gasteiger partial charge on any atom is -0.484 e. The smallest absolute Gasteiger partial charge is 0.261 e. The molecule has 4 rings (SSSR count). The van der Waals surface area contributed by atoms with Crippen LogP contribution in [0.15, 0.2) is 102 Å². The van der Waals surface area contributed by atoms with Crippen molar-refractivity contribution < 1.29 is 31.5 Å². The van der Waals surface area contributed by atoms with E-state index in [2.05, 4.69) is 15.0 Å². The van der Waals surface area contributed by atoms with E-state index in [-0.39, 0.29) is 29.4 Å². The second-order valence-corrected chi connectivity index (χ2v) is 11.0. The number of carbonyl (C=O) groups excluding carboxylic acids is 2. The number of nitrogens with zero attached hydrogens (tertiary/aromatic N) is 2. The van der Waals surface area contributed by atoms with Crippen molar-refractivity contribution in [2.75, 3.05) is 11.3 Å². The summed E-state index contributed by atoms with van der Waals surface area (Å²) in [5, 5.41) is 2.79. The lowest BCUT2D eigenvalue weighted by molar-refractivity contribution is -0.142. The summed E-state index contributed by atoms with van der Waals surface area (Å²) >= 11 is 0. The second kappa shape index (κ2) is 13.7. The summed E-state index contributed by atoms with van der Waals surface area (Å²) in [5.41, 5.74) is 1.60. The van der Waals surface area contributed by atoms with Crippen LogP contribution in [-0.2, 0) is 32.7 Å². The highest BCUT2D eigenvalue weighted by Gasteiger charge is 2.26. The molecule has 9 nitrogen and oxygen atoms in total. The van der Waals surface area contributed by atoms with Crippen molar-refractivity contribution in [3.8, 4) is 5.75 Å². The van der Waals surface area contributed by atoms with Crippen molar-refractivity contribution in [1.29, 1.82) is 0 Å². The third-order valence-corrected chi connectivity index (χ3v) is 7.61. The van der Waals surface area contributed by atoms with Gasteiger partial charge in [-0.15, -0.1) is 0 Å². The Kier molecular flexibility index (Phi) is 9.81. The number of rotatable bonds is 12. The molecule has 4 aromatic rings. The normalized spacial score (nSPS) is 11.8. The van der Waals surface area contributed by atoms with Crippen molar-refractivity contribution >= 4 is 27.5 Å². The summed E-state index contributed by atoms with van der Waals surface area (Å²) in [7, 11) is -3.95. The highest BCUT2D eigenvalue weighted by Crippen LogP contribution is 2.20. The summed E-state index contributed by atoms with van der Waals surface area (Å²) in [6.07, 6.45) is 3.24. The van der Waals surface area contributed by atoms with E-state index in [0.29, 0.717) is 5.56 Å². The summed E-state index contributed by atoms with van der Waals surface area (Å²) < 4.78 is 59.8. The van der Waals surface area contributed by atoms with Crippen LogP contribution < -0.4 is 14.8 Å². The van der Waals surface area contributed by atoms with Crippen LogP contribution in [0.3, 0.4) is 0 Å². The lowest BCUT2D eigenvalue weighted by Gasteiger charge is -2.28. The Labute approximate surface area is 242 Å². The Bertz CT molecular complexity index is 1600. The van der Waals surface area contributed by atoms with E-state index < -0.39 is 46.1 Å². The van der Waals surface area contributed by atoms with Crippen molar-refractivity contribution in [2.24, 2.45) is 0 Å². The average Bonchev–Trinajstić information content (AvgIpc) is 3.00. The van der Waals surface area contributed by atoms with Gasteiger partial charge in [0, 0.05) is 31.2 Å². The maximum Gasteiger partial charge on any atom is 0.261 e. The van der Waals surface area contributed by atoms with Crippen LogP contribution in [0.2, 0.25) is 0 Å². The molecule has 2 amide bonds. The van der Waals surface area contributed by atoms with Gasteiger partial charge in [0.05, 0.1) is 4.90 Å². The Morgan fingerprint density at radius 3 is 2.17 bits per heavy atom. The van der Waals surface area contributed by atoms with Gasteiger partial charge in [0.2, 0.25) is 5.91 Å². The van der Waals surface area contributed by atoms with E-state index in [1.807, 2.05) is 6.07 Å². The molecule has 218 valence electrons. The van der Waals surface area contributed by atoms with E-state index in [1.54, 1.807) is 25.4 Å². The number of carbonyl (C=O) groups is 2. The van der Waals surface area contributed by atoms with Gasteiger partial charge in [0.1, 0.15) is 23.4 Å². The van der Waals surface area contributed by atoms with Crippen LogP contribution in [-0.4, -0.2) is 42.8 Å². The van der Waals surface area contributed by atoms with Crippen molar-refractivity contribution in [1.82, 2.24) is 15.2 Å². The molecule has 0 radical (unpaired) electrons. The van der Waals surface area contributed by atoms with Crippen molar-refractivity contribution in [3.05, 3.63) is 120 Å². The highest BCUT2D eigenvalue weighted by molar-refractivity contribution is 7.92. The molecule has 0 saturated heterocycles. The predicted octanol–water partition coefficient (Wildman–Crippen LogP) is 4.27. The largest absolute Gasteiger partial charge is 0.484 e. The van der Waals surface area contributed by atoms with Gasteiger partial charge in [-0.25, -0.2) is 17.2 Å². The molecular weight excluding hydrogens is 566 g/mol. The van der Waals surface area contributed by atoms with Gasteiger partial charge in [-0.3, -0.25) is 19.3 Å². The zero-order valence-electron chi connectivity index (χ0n) is 22.5. The summed E-state index contributed by atoms with van der Waals surface area (Å²) in [4.78, 5) is 31.5. The maximum absolute atomic E-state index is 13.4. The molecule has 0 spiro atoms. The molecular formula is C30H28F2N4O5S. The lowest BCUT2D eigenvalue weighted by Crippen LogP contribution is -2.48. The number of nitrogens with one attached hydrogen (secondary N) is 2. The number of hydrogen-bond acceptors (Lipinski definition) is 6. The molecule has 3 aromatic carbocycles. The number of amides is 2. The van der Waals surface area contributed by atoms with Gasteiger partial charge >= 0.3 is 0 Å². The predicted molar refractivity (Wildman–Crippen MR) is 152 cm³/mol. The quantitative estimate of drug-likeness (QED) is 0.253. The first kappa shape index (κ1) is 30.1. The molecule has 12 heteroatoms. The van der Waals surface area contributed by atoms with Crippen molar-refractivity contribution in [3.63, 3.8) is 0 Å². The van der Waals surface area contributed by atoms with E-state index in [9.17, 15) is 26.8 Å². The molecule has 1 atom stereocenters. The average molecular weight is 595 g/mol. The van der Waals surface area contributed by atoms with Crippen LogP contribution in [0.25, 0.3) is 0 Å². The van der Waals surface area contributed by atoms with Gasteiger partial charge in [0.25, 0.3) is 15.9 Å². The first-order valence-corrected chi connectivity index (χ1v) is 14.3. The molecule has 0 fully saturated rings. The molecule has 0 aliphatic carbocycles. The number of hydrogen-bond donors (Lipinski definition) is 2. The van der Waals surface area contributed by atoms with Crippen LogP contribution >= 0.6 is 0 Å². The van der Waals surface area contributed by atoms with Gasteiger partial charge in [0.15, 0.2) is 6.61 Å². The topological polar surface area (TPSA) is 118 Å². The number of halogens is 2. The number of anilines is 1. The fraction of sp³-hybridized carbons (Fsp3) is 0.167. The molecule has 2 N–H and O–H groups in total. The molecule has 1 aromatic heterocycles. The maximum atomic E-state index is 13.4. The van der Waals surface area contributed by atoms with Gasteiger partial charge in [-0.05, 0) is 84.8 Å². The zero-order valence-corrected chi connectivity index (χ0v) is 23.4. The lowest BCUT2D eigenvalue weighted by atomic mass is 10.1. The number of pyridine rings is 1. The first-order valence-electron chi connectivity index (χ1n) is 12.8. The van der Waals surface area contributed by atoms with E-state index in [1.165, 1.54) is 65.6 Å². The monoisotopic (exact) mass is 594 g/mol. The number of benzene rings is 3. The third kappa shape index (κ3) is 8.33. The second-order valence-electron chi connectivity index (χ2n) is 9.28. The van der Waals surface area contributed by atoms with Crippen LogP contribution in [0, 0.1) is 11.6 Å². The van der Waals surface area contributed by atoms with Gasteiger partial charge in [-0.2, -0.15) is 0 Å². The molecule has 0 aliphatic heterocycles. The van der Waals surface area contributed by atoms with Crippen molar-refractivity contribution in [2.45, 2.75) is 31.0 Å². The standard InChI is InChI=1S/C30H28F2N4O5S/c1-21(30(38)34-18-23-3-2-16-33-17-23)36(19-22-4-6-24(31)7-5-22)29(37)20-41-27-12-14-28(15-13-27)42(39,40)35-26-10-8-25(32)9-11-26/h2-17,21,35H,18-20H2,1H3,(H,34,38)/t21-/m0/s1. The van der Waals surface area contributed by atoms with Gasteiger partial charge in [-0.1, -0.05) is 18.2 Å². The summed E-state index contributed by atoms with van der Waals surface area (Å²) in [5.74, 6) is -1.62. The Balaban J connectivity index is 1.41. The van der Waals surface area contributed by atoms with E-state index >= 15 is 0 Å². The molecule has 0 saturated carbocycles. The van der Waals surface area contributed by atoms with Crippen LogP contribution in [0.4, 0.5) is 14.5 Å². The van der Waals surface area contributed by atoms with E-state index in [4.69, 9.17) is 4.74 Å². The Hall–Kier alpha value is -4.84. The first-order chi connectivity index (χ1) is 20.1. The fourth-order valence-electron chi connectivity index (χ4n) is 3.88. The summed E-state index contributed by atoms with van der Waals surface area (Å²) in [6, 6.07) is 18.5. The SMILES string of the molecule is C[C@@H](C(=O)NCc1cccnc1)N(Cc1ccc(F)cc1)C(=O)COc1ccc(S(=O)(=O)Nc2ccc(F)cc2)cc1. The Morgan fingerprint density at radius 1 is 0.905 bits per heavy atom. The third-order valence-electron chi connectivity index (χ3n) is 6.22. The Morgan fingerprint density at radius 2 is 1.55 bits per heavy atom. The molecule has 0 bridgehead atoms. The molecule has 0 unspecified atom stereocenters. The van der Waals surface area contributed by atoms with E-state index in [0.717, 1.165) is 17.7 Å². The number of sulfonamides is 1. The minimum absolute atomic E-state index is 0.0240. The van der Waals surface area contributed by atoms with Crippen LogP contribution in [0.5, 0.6) is 5.75 Å². The zero-order chi connectivity index (χ0) is 30.1.